The van der Waals surface area contributed by atoms with Gasteiger partial charge in [0.25, 0.3) is 0 Å². The Balaban J connectivity index is 2.31. The number of aromatic nitrogens is 2. The predicted molar refractivity (Wildman–Crippen MR) is 59.1 cm³/mol. The van der Waals surface area contributed by atoms with Gasteiger partial charge in [0.05, 0.1) is 13.2 Å². The monoisotopic (exact) mass is 241 g/mol. The number of ether oxygens (including phenoxy) is 1. The van der Waals surface area contributed by atoms with Crippen LogP contribution in [-0.4, -0.2) is 39.6 Å². The molecule has 0 radical (unpaired) electrons. The molecule has 1 fully saturated rings. The summed E-state index contributed by atoms with van der Waals surface area (Å²) in [7, 11) is 0. The second-order valence-corrected chi connectivity index (χ2v) is 4.06. The van der Waals surface area contributed by atoms with Gasteiger partial charge in [-0.05, 0) is 6.07 Å². The summed E-state index contributed by atoms with van der Waals surface area (Å²) in [4.78, 5) is 15.2. The average molecular weight is 241 g/mol. The van der Waals surface area contributed by atoms with Crippen molar-refractivity contribution in [3.63, 3.8) is 0 Å². The van der Waals surface area contributed by atoms with Gasteiger partial charge in [0, 0.05) is 24.6 Å². The van der Waals surface area contributed by atoms with Crippen LogP contribution in [0.3, 0.4) is 0 Å². The van der Waals surface area contributed by atoms with Crippen molar-refractivity contribution in [2.75, 3.05) is 25.6 Å². The van der Waals surface area contributed by atoms with Gasteiger partial charge in [-0.2, -0.15) is 4.98 Å². The Morgan fingerprint density at radius 1 is 1.53 bits per heavy atom. The van der Waals surface area contributed by atoms with E-state index in [9.17, 15) is 9.90 Å². The Bertz CT molecular complexity index is 447. The van der Waals surface area contributed by atoms with Gasteiger partial charge in [-0.15, -0.1) is 0 Å². The number of hydrogen-bond acceptors (Lipinski definition) is 6. The minimum atomic E-state index is -0.599. The second kappa shape index (κ2) is 4.82. The molecule has 1 aromatic heterocycles. The lowest BCUT2D eigenvalue weighted by Gasteiger charge is -2.20. The summed E-state index contributed by atoms with van der Waals surface area (Å²) in [6, 6.07) is 1.49. The van der Waals surface area contributed by atoms with Gasteiger partial charge in [-0.25, -0.2) is 4.79 Å². The molecule has 4 N–H and O–H groups in total. The van der Waals surface area contributed by atoms with Crippen LogP contribution in [0.1, 0.15) is 6.23 Å². The molecule has 1 unspecified atom stereocenters. The van der Waals surface area contributed by atoms with Crippen molar-refractivity contribution in [2.24, 2.45) is 11.8 Å². The number of hydrogen-bond donors (Lipinski definition) is 3. The molecule has 1 aliphatic rings. The molecular weight excluding hydrogens is 226 g/mol. The third-order valence-electron chi connectivity index (χ3n) is 3.02. The zero-order valence-electron chi connectivity index (χ0n) is 9.19. The Kier molecular flexibility index (Phi) is 3.41. The van der Waals surface area contributed by atoms with Crippen molar-refractivity contribution in [3.05, 3.63) is 22.7 Å². The summed E-state index contributed by atoms with van der Waals surface area (Å²) in [5, 5.41) is 18.4. The maximum absolute atomic E-state index is 11.6. The van der Waals surface area contributed by atoms with Crippen molar-refractivity contribution >= 4 is 5.82 Å². The van der Waals surface area contributed by atoms with E-state index in [1.807, 2.05) is 0 Å². The fraction of sp³-hybridized carbons (Fsp3) is 0.600. The standard InChI is InChI=1S/C10H15N3O4/c11-8-1-2-13(10(16)12-8)9-7(4-15)6(3-14)5-17-9/h1-2,6-7,9,14-15H,3-5H2,(H2,11,12,16)/t6-,7+,9?/m0/s1. The lowest BCUT2D eigenvalue weighted by atomic mass is 9.95. The first kappa shape index (κ1) is 12.0. The Morgan fingerprint density at radius 2 is 2.29 bits per heavy atom. The molecule has 3 atom stereocenters. The molecule has 1 saturated heterocycles. The van der Waals surface area contributed by atoms with Crippen LogP contribution < -0.4 is 11.4 Å². The number of aliphatic hydroxyl groups excluding tert-OH is 2. The van der Waals surface area contributed by atoms with E-state index in [1.54, 1.807) is 0 Å². The number of nitrogen functional groups attached to an aromatic ring is 1. The minimum absolute atomic E-state index is 0.0844. The SMILES string of the molecule is Nc1ccn(C2OC[C@H](CO)[C@H]2CO)c(=O)n1. The molecule has 1 aliphatic heterocycles. The lowest BCUT2D eigenvalue weighted by Crippen LogP contribution is -2.32. The van der Waals surface area contributed by atoms with Gasteiger partial charge in [-0.1, -0.05) is 0 Å². The molecule has 17 heavy (non-hydrogen) atoms. The van der Waals surface area contributed by atoms with E-state index < -0.39 is 11.9 Å². The largest absolute Gasteiger partial charge is 0.396 e. The van der Waals surface area contributed by atoms with E-state index in [-0.39, 0.29) is 30.9 Å². The molecular formula is C10H15N3O4. The molecule has 94 valence electrons. The molecule has 2 rings (SSSR count). The van der Waals surface area contributed by atoms with Crippen LogP contribution in [-0.2, 0) is 4.74 Å². The smallest absolute Gasteiger partial charge is 0.351 e. The van der Waals surface area contributed by atoms with E-state index in [0.717, 1.165) is 0 Å². The van der Waals surface area contributed by atoms with Gasteiger partial charge in [0.1, 0.15) is 12.0 Å². The van der Waals surface area contributed by atoms with Gasteiger partial charge >= 0.3 is 5.69 Å². The summed E-state index contributed by atoms with van der Waals surface area (Å²) in [5.41, 5.74) is 4.87. The van der Waals surface area contributed by atoms with E-state index in [4.69, 9.17) is 15.6 Å². The fourth-order valence-corrected chi connectivity index (χ4v) is 2.04. The lowest BCUT2D eigenvalue weighted by molar-refractivity contribution is 0.0138. The Hall–Kier alpha value is -1.44. The number of anilines is 1. The molecule has 2 heterocycles. The topological polar surface area (TPSA) is 111 Å². The first-order chi connectivity index (χ1) is 8.17. The van der Waals surface area contributed by atoms with Crippen LogP contribution >= 0.6 is 0 Å². The average Bonchev–Trinajstić information content (AvgIpc) is 2.71. The number of nitrogens with zero attached hydrogens (tertiary/aromatic N) is 2. The third kappa shape index (κ3) is 2.17. The Labute approximate surface area is 97.5 Å². The summed E-state index contributed by atoms with van der Waals surface area (Å²) >= 11 is 0. The van der Waals surface area contributed by atoms with Crippen molar-refractivity contribution in [1.82, 2.24) is 9.55 Å². The highest BCUT2D eigenvalue weighted by molar-refractivity contribution is 5.23. The maximum Gasteiger partial charge on any atom is 0.351 e. The number of nitrogens with two attached hydrogens (primary N) is 1. The maximum atomic E-state index is 11.6. The van der Waals surface area contributed by atoms with E-state index in [1.165, 1.54) is 16.8 Å². The van der Waals surface area contributed by atoms with E-state index in [0.29, 0.717) is 6.61 Å². The van der Waals surface area contributed by atoms with Gasteiger partial charge < -0.3 is 20.7 Å². The quantitative estimate of drug-likeness (QED) is 0.598. The molecule has 1 aromatic rings. The highest BCUT2D eigenvalue weighted by atomic mass is 16.5. The molecule has 7 heteroatoms. The third-order valence-corrected chi connectivity index (χ3v) is 3.02. The second-order valence-electron chi connectivity index (χ2n) is 4.06. The van der Waals surface area contributed by atoms with Crippen LogP contribution in [0.2, 0.25) is 0 Å². The molecule has 0 aromatic carbocycles. The minimum Gasteiger partial charge on any atom is -0.396 e. The van der Waals surface area contributed by atoms with Crippen LogP contribution in [0.25, 0.3) is 0 Å². The van der Waals surface area contributed by atoms with Crippen LogP contribution in [0, 0.1) is 11.8 Å². The predicted octanol–water partition coefficient (Wildman–Crippen LogP) is -1.43. The molecule has 0 aliphatic carbocycles. The first-order valence-corrected chi connectivity index (χ1v) is 5.35. The highest BCUT2D eigenvalue weighted by Gasteiger charge is 2.38. The van der Waals surface area contributed by atoms with Crippen molar-refractivity contribution in [2.45, 2.75) is 6.23 Å². The summed E-state index contributed by atoms with van der Waals surface area (Å²) in [5.74, 6) is -0.346. The molecule has 0 bridgehead atoms. The van der Waals surface area contributed by atoms with E-state index >= 15 is 0 Å². The van der Waals surface area contributed by atoms with Crippen molar-refractivity contribution < 1.29 is 14.9 Å². The van der Waals surface area contributed by atoms with Crippen molar-refractivity contribution in [3.8, 4) is 0 Å². The zero-order chi connectivity index (χ0) is 12.4. The van der Waals surface area contributed by atoms with Crippen molar-refractivity contribution in [1.29, 1.82) is 0 Å². The van der Waals surface area contributed by atoms with Gasteiger partial charge in [-0.3, -0.25) is 4.57 Å². The fourth-order valence-electron chi connectivity index (χ4n) is 2.04. The van der Waals surface area contributed by atoms with Crippen LogP contribution in [0.4, 0.5) is 5.82 Å². The summed E-state index contributed by atoms with van der Waals surface area (Å²) < 4.78 is 6.71. The van der Waals surface area contributed by atoms with Gasteiger partial charge in [0.2, 0.25) is 0 Å². The van der Waals surface area contributed by atoms with Gasteiger partial charge in [0.15, 0.2) is 0 Å². The van der Waals surface area contributed by atoms with Crippen LogP contribution in [0.15, 0.2) is 17.1 Å². The first-order valence-electron chi connectivity index (χ1n) is 5.35. The van der Waals surface area contributed by atoms with Crippen LogP contribution in [0.5, 0.6) is 0 Å². The number of aliphatic hydroxyl groups is 2. The summed E-state index contributed by atoms with van der Waals surface area (Å²) in [6.45, 7) is 0.0643. The molecule has 0 saturated carbocycles. The number of rotatable bonds is 3. The Morgan fingerprint density at radius 3 is 2.88 bits per heavy atom. The molecule has 0 amide bonds. The summed E-state index contributed by atoms with van der Waals surface area (Å²) in [6.07, 6.45) is 0.885. The van der Waals surface area contributed by atoms with E-state index in [2.05, 4.69) is 4.98 Å². The highest BCUT2D eigenvalue weighted by Crippen LogP contribution is 2.33. The zero-order valence-corrected chi connectivity index (χ0v) is 9.19. The normalized spacial score (nSPS) is 28.5. The molecule has 0 spiro atoms. The molecule has 7 nitrogen and oxygen atoms in total.